The fraction of sp³-hybridized carbons (Fsp3) is 0.412. The molecule has 0 bridgehead atoms. The molecule has 4 nitrogen and oxygen atoms in total. The molecule has 21 heavy (non-hydrogen) atoms. The third kappa shape index (κ3) is 2.15. The van der Waals surface area contributed by atoms with E-state index in [1.165, 1.54) is 6.42 Å². The Balaban J connectivity index is 1.79. The SMILES string of the molecule is O=c1[nH]c(C2COc3ccccc32)nc2c1CCCCC2. The smallest absolute Gasteiger partial charge is 0.254 e. The van der Waals surface area contributed by atoms with Crippen molar-refractivity contribution >= 4 is 0 Å². The lowest BCUT2D eigenvalue weighted by Crippen LogP contribution is -2.22. The molecule has 1 unspecified atom stereocenters. The van der Waals surface area contributed by atoms with Crippen LogP contribution in [0.1, 0.15) is 47.8 Å². The van der Waals surface area contributed by atoms with Crippen molar-refractivity contribution in [2.24, 2.45) is 0 Å². The molecule has 0 fully saturated rings. The number of hydrogen-bond acceptors (Lipinski definition) is 3. The van der Waals surface area contributed by atoms with Gasteiger partial charge in [0.15, 0.2) is 0 Å². The molecule has 108 valence electrons. The minimum Gasteiger partial charge on any atom is -0.492 e. The van der Waals surface area contributed by atoms with Crippen molar-refractivity contribution in [3.05, 3.63) is 57.3 Å². The Hall–Kier alpha value is -2.10. The fourth-order valence-corrected chi connectivity index (χ4v) is 3.35. The molecule has 0 saturated carbocycles. The van der Waals surface area contributed by atoms with E-state index in [-0.39, 0.29) is 11.5 Å². The average Bonchev–Trinajstić information content (AvgIpc) is 2.78. The first-order valence-corrected chi connectivity index (χ1v) is 7.66. The quantitative estimate of drug-likeness (QED) is 0.818. The lowest BCUT2D eigenvalue weighted by Gasteiger charge is -2.11. The average molecular weight is 282 g/mol. The number of aromatic nitrogens is 2. The van der Waals surface area contributed by atoms with Crippen LogP contribution < -0.4 is 10.3 Å². The normalized spacial score (nSPS) is 20.3. The van der Waals surface area contributed by atoms with Gasteiger partial charge in [-0.1, -0.05) is 24.6 Å². The summed E-state index contributed by atoms with van der Waals surface area (Å²) in [6.07, 6.45) is 5.17. The lowest BCUT2D eigenvalue weighted by atomic mass is 10.00. The summed E-state index contributed by atoms with van der Waals surface area (Å²) in [5.41, 5.74) is 3.05. The topological polar surface area (TPSA) is 55.0 Å². The van der Waals surface area contributed by atoms with Crippen LogP contribution >= 0.6 is 0 Å². The minimum absolute atomic E-state index is 0.0429. The van der Waals surface area contributed by atoms with Gasteiger partial charge in [0.05, 0.1) is 11.6 Å². The predicted molar refractivity (Wildman–Crippen MR) is 79.9 cm³/mol. The van der Waals surface area contributed by atoms with Crippen molar-refractivity contribution in [3.63, 3.8) is 0 Å². The van der Waals surface area contributed by atoms with Crippen LogP contribution in [-0.2, 0) is 12.8 Å². The van der Waals surface area contributed by atoms with Gasteiger partial charge in [0.2, 0.25) is 0 Å². The highest BCUT2D eigenvalue weighted by Crippen LogP contribution is 2.36. The van der Waals surface area contributed by atoms with Crippen molar-refractivity contribution in [2.75, 3.05) is 6.61 Å². The number of hydrogen-bond donors (Lipinski definition) is 1. The van der Waals surface area contributed by atoms with Gasteiger partial charge in [-0.3, -0.25) is 4.79 Å². The van der Waals surface area contributed by atoms with E-state index in [1.807, 2.05) is 18.2 Å². The largest absolute Gasteiger partial charge is 0.492 e. The number of aromatic amines is 1. The molecule has 2 aromatic rings. The van der Waals surface area contributed by atoms with Crippen LogP contribution in [0.4, 0.5) is 0 Å². The van der Waals surface area contributed by atoms with Crippen molar-refractivity contribution in [2.45, 2.75) is 38.0 Å². The maximum absolute atomic E-state index is 12.4. The summed E-state index contributed by atoms with van der Waals surface area (Å²) >= 11 is 0. The maximum atomic E-state index is 12.4. The van der Waals surface area contributed by atoms with Gasteiger partial charge in [-0.15, -0.1) is 0 Å². The summed E-state index contributed by atoms with van der Waals surface area (Å²) in [6.45, 7) is 0.557. The van der Waals surface area contributed by atoms with Crippen LogP contribution in [0, 0.1) is 0 Å². The molecule has 4 heteroatoms. The summed E-state index contributed by atoms with van der Waals surface area (Å²) in [6, 6.07) is 7.99. The molecule has 0 spiro atoms. The molecule has 0 radical (unpaired) electrons. The van der Waals surface area contributed by atoms with E-state index in [1.54, 1.807) is 0 Å². The van der Waals surface area contributed by atoms with Crippen LogP contribution in [0.2, 0.25) is 0 Å². The summed E-state index contributed by atoms with van der Waals surface area (Å²) in [4.78, 5) is 20.1. The van der Waals surface area contributed by atoms with Crippen LogP contribution in [-0.4, -0.2) is 16.6 Å². The van der Waals surface area contributed by atoms with E-state index >= 15 is 0 Å². The van der Waals surface area contributed by atoms with E-state index in [2.05, 4.69) is 11.1 Å². The molecule has 1 N–H and O–H groups in total. The number of benzene rings is 1. The summed E-state index contributed by atoms with van der Waals surface area (Å²) in [5.74, 6) is 1.70. The molecule has 2 aliphatic rings. The summed E-state index contributed by atoms with van der Waals surface area (Å²) < 4.78 is 5.71. The first kappa shape index (κ1) is 12.6. The third-order valence-corrected chi connectivity index (χ3v) is 4.49. The van der Waals surface area contributed by atoms with E-state index in [9.17, 15) is 4.79 Å². The second kappa shape index (κ2) is 5.02. The second-order valence-corrected chi connectivity index (χ2v) is 5.84. The molecule has 0 amide bonds. The van der Waals surface area contributed by atoms with Crippen LogP contribution in [0.3, 0.4) is 0 Å². The van der Waals surface area contributed by atoms with Crippen LogP contribution in [0.15, 0.2) is 29.1 Å². The van der Waals surface area contributed by atoms with E-state index in [4.69, 9.17) is 9.72 Å². The molecule has 2 heterocycles. The first-order valence-electron chi connectivity index (χ1n) is 7.66. The van der Waals surface area contributed by atoms with Gasteiger partial charge in [0, 0.05) is 11.1 Å². The van der Waals surface area contributed by atoms with Gasteiger partial charge in [0.25, 0.3) is 5.56 Å². The van der Waals surface area contributed by atoms with Gasteiger partial charge < -0.3 is 9.72 Å². The van der Waals surface area contributed by atoms with E-state index in [0.717, 1.165) is 54.1 Å². The molecule has 1 aromatic heterocycles. The van der Waals surface area contributed by atoms with Crippen molar-refractivity contribution in [1.29, 1.82) is 0 Å². The minimum atomic E-state index is 0.0429. The second-order valence-electron chi connectivity index (χ2n) is 5.84. The molecule has 1 aromatic carbocycles. The molecule has 1 aliphatic heterocycles. The number of fused-ring (bicyclic) bond motifs is 2. The molecule has 4 rings (SSSR count). The Morgan fingerprint density at radius 3 is 2.95 bits per heavy atom. The Morgan fingerprint density at radius 1 is 1.14 bits per heavy atom. The molecule has 1 atom stereocenters. The highest BCUT2D eigenvalue weighted by molar-refractivity contribution is 5.43. The van der Waals surface area contributed by atoms with E-state index < -0.39 is 0 Å². The van der Waals surface area contributed by atoms with Crippen molar-refractivity contribution in [3.8, 4) is 5.75 Å². The standard InChI is InChI=1S/C17H18N2O2/c20-17-12-7-2-1-3-8-14(12)18-16(19-17)13-10-21-15-9-5-4-6-11(13)15/h4-6,9,13H,1-3,7-8,10H2,(H,18,19,20). The number of ether oxygens (including phenoxy) is 1. The zero-order valence-corrected chi connectivity index (χ0v) is 11.9. The Morgan fingerprint density at radius 2 is 2.00 bits per heavy atom. The van der Waals surface area contributed by atoms with Gasteiger partial charge in [-0.25, -0.2) is 4.98 Å². The van der Waals surface area contributed by atoms with Gasteiger partial charge in [0.1, 0.15) is 18.2 Å². The van der Waals surface area contributed by atoms with Crippen LogP contribution in [0.5, 0.6) is 5.75 Å². The number of para-hydroxylation sites is 1. The zero-order chi connectivity index (χ0) is 14.2. The van der Waals surface area contributed by atoms with Gasteiger partial charge in [-0.2, -0.15) is 0 Å². The molecular weight excluding hydrogens is 264 g/mol. The highest BCUT2D eigenvalue weighted by Gasteiger charge is 2.28. The number of rotatable bonds is 1. The van der Waals surface area contributed by atoms with Gasteiger partial charge >= 0.3 is 0 Å². The van der Waals surface area contributed by atoms with Crippen molar-refractivity contribution < 1.29 is 4.74 Å². The number of nitrogens with zero attached hydrogens (tertiary/aromatic N) is 1. The monoisotopic (exact) mass is 282 g/mol. The predicted octanol–water partition coefficient (Wildman–Crippen LogP) is 2.56. The molecular formula is C17H18N2O2. The van der Waals surface area contributed by atoms with Gasteiger partial charge in [-0.05, 0) is 31.7 Å². The maximum Gasteiger partial charge on any atom is 0.254 e. The number of aryl methyl sites for hydroxylation is 1. The number of nitrogens with one attached hydrogen (secondary N) is 1. The Kier molecular flexibility index (Phi) is 3.02. The Bertz CT molecular complexity index is 736. The van der Waals surface area contributed by atoms with E-state index in [0.29, 0.717) is 6.61 Å². The molecule has 1 aliphatic carbocycles. The molecule has 0 saturated heterocycles. The highest BCUT2D eigenvalue weighted by atomic mass is 16.5. The van der Waals surface area contributed by atoms with Crippen molar-refractivity contribution in [1.82, 2.24) is 9.97 Å². The Labute approximate surface area is 123 Å². The first-order chi connectivity index (χ1) is 10.3. The third-order valence-electron chi connectivity index (χ3n) is 4.49. The fourth-order valence-electron chi connectivity index (χ4n) is 3.35. The lowest BCUT2D eigenvalue weighted by molar-refractivity contribution is 0.339. The zero-order valence-electron chi connectivity index (χ0n) is 11.9. The number of H-pyrrole nitrogens is 1. The summed E-state index contributed by atoms with van der Waals surface area (Å²) in [7, 11) is 0. The summed E-state index contributed by atoms with van der Waals surface area (Å²) in [5, 5.41) is 0. The van der Waals surface area contributed by atoms with Crippen LogP contribution in [0.25, 0.3) is 0 Å².